The molecule has 0 fully saturated rings. The first-order chi connectivity index (χ1) is 10.2. The Morgan fingerprint density at radius 3 is 1.32 bits per heavy atom. The van der Waals surface area contributed by atoms with Gasteiger partial charge in [-0.3, -0.25) is 20.2 Å². The third-order valence-electron chi connectivity index (χ3n) is 2.91. The van der Waals surface area contributed by atoms with E-state index in [-0.39, 0.29) is 10.8 Å². The topological polar surface area (TPSA) is 161 Å². The summed E-state index contributed by atoms with van der Waals surface area (Å²) >= 11 is 0. The molecule has 2 rings (SSSR count). The van der Waals surface area contributed by atoms with Crippen molar-refractivity contribution in [3.8, 4) is 0 Å². The molecule has 2 aromatic carbocycles. The van der Waals surface area contributed by atoms with Gasteiger partial charge in [0.15, 0.2) is 0 Å². The molecule has 22 heavy (non-hydrogen) atoms. The first-order valence-electron chi connectivity index (χ1n) is 5.59. The number of fused-ring (bicyclic) bond motifs is 1. The highest BCUT2D eigenvalue weighted by atomic mass is 16.6. The van der Waals surface area contributed by atoms with Crippen molar-refractivity contribution in [3.05, 3.63) is 55.6 Å². The van der Waals surface area contributed by atoms with Crippen molar-refractivity contribution in [2.24, 2.45) is 0 Å². The van der Waals surface area contributed by atoms with E-state index in [9.17, 15) is 29.8 Å². The maximum absolute atomic E-state index is 11.0. The largest absolute Gasteiger partial charge is 0.478 e. The van der Waals surface area contributed by atoms with Gasteiger partial charge in [-0.25, -0.2) is 9.59 Å². The summed E-state index contributed by atoms with van der Waals surface area (Å²) in [5.74, 6) is -3.00. The molecule has 0 aliphatic carbocycles. The summed E-state index contributed by atoms with van der Waals surface area (Å²) in [6.45, 7) is 0. The minimum atomic E-state index is -1.50. The Hall–Kier alpha value is -3.56. The Kier molecular flexibility index (Phi) is 3.43. The van der Waals surface area contributed by atoms with Crippen LogP contribution < -0.4 is 0 Å². The third kappa shape index (κ3) is 2.40. The van der Waals surface area contributed by atoms with Crippen molar-refractivity contribution in [1.82, 2.24) is 0 Å². The number of aromatic carboxylic acids is 2. The molecular weight excluding hydrogens is 300 g/mol. The number of carbonyl (C=O) groups is 2. The minimum absolute atomic E-state index is 0.318. The van der Waals surface area contributed by atoms with E-state index in [0.717, 1.165) is 24.3 Å². The maximum atomic E-state index is 11.0. The van der Waals surface area contributed by atoms with E-state index < -0.39 is 44.3 Å². The standard InChI is InChI=1S/C12H6N2O8/c15-11(16)5-1-7-8(10(3-5)14(21)22)2-6(12(17)18)4-9(7)13(19)20/h1-4H,(H,15,16)(H,17,18). The summed E-state index contributed by atoms with van der Waals surface area (Å²) in [7, 11) is 0. The summed E-state index contributed by atoms with van der Waals surface area (Å²) in [5.41, 5.74) is -2.46. The summed E-state index contributed by atoms with van der Waals surface area (Å²) in [4.78, 5) is 42.2. The highest BCUT2D eigenvalue weighted by Gasteiger charge is 2.25. The number of nitrogens with zero attached hydrogens (tertiary/aromatic N) is 2. The quantitative estimate of drug-likeness (QED) is 0.640. The molecule has 2 N–H and O–H groups in total. The number of carboxylic acid groups (broad SMARTS) is 2. The van der Waals surface area contributed by atoms with Crippen molar-refractivity contribution >= 4 is 34.1 Å². The lowest BCUT2D eigenvalue weighted by atomic mass is 10.0. The van der Waals surface area contributed by atoms with Crippen molar-refractivity contribution in [2.45, 2.75) is 0 Å². The zero-order valence-corrected chi connectivity index (χ0v) is 10.5. The van der Waals surface area contributed by atoms with Crippen molar-refractivity contribution in [2.75, 3.05) is 0 Å². The molecule has 0 saturated carbocycles. The van der Waals surface area contributed by atoms with Gasteiger partial charge in [-0.05, 0) is 12.1 Å². The van der Waals surface area contributed by atoms with Gasteiger partial charge in [-0.1, -0.05) is 0 Å². The molecule has 0 heterocycles. The number of nitro groups is 2. The number of rotatable bonds is 4. The molecule has 0 aliphatic heterocycles. The Bertz CT molecular complexity index is 787. The number of non-ortho nitro benzene ring substituents is 2. The summed E-state index contributed by atoms with van der Waals surface area (Å²) in [6, 6.07) is 3.24. The van der Waals surface area contributed by atoms with Crippen molar-refractivity contribution < 1.29 is 29.6 Å². The smallest absolute Gasteiger partial charge is 0.335 e. The fourth-order valence-electron chi connectivity index (χ4n) is 1.97. The van der Waals surface area contributed by atoms with E-state index in [1.54, 1.807) is 0 Å². The first-order valence-corrected chi connectivity index (χ1v) is 5.59. The van der Waals surface area contributed by atoms with Crippen LogP contribution in [0.5, 0.6) is 0 Å². The fourth-order valence-corrected chi connectivity index (χ4v) is 1.97. The van der Waals surface area contributed by atoms with Crippen LogP contribution in [0.3, 0.4) is 0 Å². The van der Waals surface area contributed by atoms with Crippen LogP contribution in [0.2, 0.25) is 0 Å². The summed E-state index contributed by atoms with van der Waals surface area (Å²) < 4.78 is 0. The molecule has 10 heteroatoms. The van der Waals surface area contributed by atoms with E-state index in [2.05, 4.69) is 0 Å². The first kappa shape index (κ1) is 14.8. The lowest BCUT2D eigenvalue weighted by Gasteiger charge is -2.05. The molecule has 2 aromatic rings. The molecular formula is C12H6N2O8. The zero-order valence-electron chi connectivity index (χ0n) is 10.5. The molecule has 0 amide bonds. The predicted molar refractivity (Wildman–Crippen MR) is 71.2 cm³/mol. The number of hydrogen-bond acceptors (Lipinski definition) is 6. The van der Waals surface area contributed by atoms with Gasteiger partial charge in [-0.2, -0.15) is 0 Å². The van der Waals surface area contributed by atoms with Gasteiger partial charge in [0.2, 0.25) is 0 Å². The van der Waals surface area contributed by atoms with E-state index in [0.29, 0.717) is 0 Å². The normalized spacial score (nSPS) is 10.4. The summed E-state index contributed by atoms with van der Waals surface area (Å²) in [6.07, 6.45) is 0. The van der Waals surface area contributed by atoms with Crippen LogP contribution in [-0.2, 0) is 0 Å². The van der Waals surface area contributed by atoms with Gasteiger partial charge in [0, 0.05) is 12.1 Å². The maximum Gasteiger partial charge on any atom is 0.335 e. The van der Waals surface area contributed by atoms with E-state index in [1.165, 1.54) is 0 Å². The van der Waals surface area contributed by atoms with Crippen LogP contribution in [-0.4, -0.2) is 32.0 Å². The number of nitro benzene ring substituents is 2. The zero-order chi connectivity index (χ0) is 16.6. The summed E-state index contributed by atoms with van der Waals surface area (Å²) in [5, 5.41) is 39.3. The van der Waals surface area contributed by atoms with Gasteiger partial charge >= 0.3 is 11.9 Å². The van der Waals surface area contributed by atoms with Crippen molar-refractivity contribution in [1.29, 1.82) is 0 Å². The number of benzene rings is 2. The average Bonchev–Trinajstić information content (AvgIpc) is 2.44. The SMILES string of the molecule is O=C(O)c1cc([N+](=O)[O-])c2cc(C(=O)O)cc([N+](=O)[O-])c2c1. The molecule has 10 nitrogen and oxygen atoms in total. The molecule has 0 radical (unpaired) electrons. The average molecular weight is 306 g/mol. The highest BCUT2D eigenvalue weighted by molar-refractivity contribution is 6.06. The molecule has 0 aromatic heterocycles. The lowest BCUT2D eigenvalue weighted by molar-refractivity contribution is -0.384. The molecule has 0 aliphatic rings. The molecule has 0 bridgehead atoms. The Balaban J connectivity index is 3.03. The predicted octanol–water partition coefficient (Wildman–Crippen LogP) is 2.05. The van der Waals surface area contributed by atoms with Gasteiger partial charge in [0.25, 0.3) is 11.4 Å². The Morgan fingerprint density at radius 1 is 0.773 bits per heavy atom. The van der Waals surface area contributed by atoms with Crippen LogP contribution in [0.4, 0.5) is 11.4 Å². The molecule has 0 saturated heterocycles. The monoisotopic (exact) mass is 306 g/mol. The van der Waals surface area contributed by atoms with Crippen LogP contribution in [0.1, 0.15) is 20.7 Å². The molecule has 0 unspecified atom stereocenters. The second-order valence-corrected chi connectivity index (χ2v) is 4.21. The second-order valence-electron chi connectivity index (χ2n) is 4.21. The van der Waals surface area contributed by atoms with Crippen LogP contribution in [0.15, 0.2) is 24.3 Å². The Labute approximate surface area is 120 Å². The van der Waals surface area contributed by atoms with E-state index >= 15 is 0 Å². The van der Waals surface area contributed by atoms with Crippen LogP contribution in [0, 0.1) is 20.2 Å². The number of carboxylic acids is 2. The number of hydrogen-bond donors (Lipinski definition) is 2. The van der Waals surface area contributed by atoms with Crippen molar-refractivity contribution in [3.63, 3.8) is 0 Å². The minimum Gasteiger partial charge on any atom is -0.478 e. The van der Waals surface area contributed by atoms with Gasteiger partial charge in [-0.15, -0.1) is 0 Å². The molecule has 0 spiro atoms. The third-order valence-corrected chi connectivity index (χ3v) is 2.91. The lowest BCUT2D eigenvalue weighted by Crippen LogP contribution is -2.03. The fraction of sp³-hybridized carbons (Fsp3) is 0. The molecule has 0 atom stereocenters. The van der Waals surface area contributed by atoms with E-state index in [4.69, 9.17) is 10.2 Å². The van der Waals surface area contributed by atoms with Gasteiger partial charge in [0.05, 0.1) is 31.7 Å². The second kappa shape index (κ2) is 5.09. The highest BCUT2D eigenvalue weighted by Crippen LogP contribution is 2.35. The molecule has 112 valence electrons. The van der Waals surface area contributed by atoms with Crippen LogP contribution >= 0.6 is 0 Å². The Morgan fingerprint density at radius 2 is 1.09 bits per heavy atom. The van der Waals surface area contributed by atoms with Crippen LogP contribution in [0.25, 0.3) is 10.8 Å². The van der Waals surface area contributed by atoms with E-state index in [1.807, 2.05) is 0 Å². The van der Waals surface area contributed by atoms with Gasteiger partial charge in [0.1, 0.15) is 0 Å². The van der Waals surface area contributed by atoms with Gasteiger partial charge < -0.3 is 10.2 Å².